The third kappa shape index (κ3) is 6.17. The summed E-state index contributed by atoms with van der Waals surface area (Å²) in [6.45, 7) is 2.36. The molecule has 1 aromatic carbocycles. The Morgan fingerprint density at radius 2 is 2.00 bits per heavy atom. The van der Waals surface area contributed by atoms with Crippen LogP contribution in [-0.2, 0) is 11.3 Å². The third-order valence-corrected chi connectivity index (χ3v) is 2.86. The van der Waals surface area contributed by atoms with E-state index in [0.717, 1.165) is 0 Å². The average Bonchev–Trinajstić information content (AvgIpc) is 2.42. The van der Waals surface area contributed by atoms with E-state index in [2.05, 4.69) is 10.6 Å². The molecule has 1 aromatic rings. The molecule has 0 aromatic heterocycles. The number of amides is 2. The van der Waals surface area contributed by atoms with E-state index in [-0.39, 0.29) is 24.7 Å². The molecule has 0 spiro atoms. The summed E-state index contributed by atoms with van der Waals surface area (Å²) >= 11 is 0. The SMILES string of the molecule is CC(CCC(=O)O)CNC(=O)NCc1ccccc1F. The first-order valence-corrected chi connectivity index (χ1v) is 6.46. The van der Waals surface area contributed by atoms with Crippen molar-refractivity contribution in [3.63, 3.8) is 0 Å². The fraction of sp³-hybridized carbons (Fsp3) is 0.429. The van der Waals surface area contributed by atoms with Crippen molar-refractivity contribution >= 4 is 12.0 Å². The monoisotopic (exact) mass is 282 g/mol. The maximum atomic E-state index is 13.3. The Kier molecular flexibility index (Phi) is 6.49. The van der Waals surface area contributed by atoms with Gasteiger partial charge in [0.15, 0.2) is 0 Å². The van der Waals surface area contributed by atoms with Gasteiger partial charge in [0.2, 0.25) is 0 Å². The van der Waals surface area contributed by atoms with Crippen LogP contribution in [0.1, 0.15) is 25.3 Å². The van der Waals surface area contributed by atoms with Crippen molar-refractivity contribution in [3.05, 3.63) is 35.6 Å². The smallest absolute Gasteiger partial charge is 0.315 e. The lowest BCUT2D eigenvalue weighted by atomic mass is 10.1. The minimum atomic E-state index is -0.846. The number of benzene rings is 1. The van der Waals surface area contributed by atoms with Gasteiger partial charge in [0.25, 0.3) is 0 Å². The zero-order chi connectivity index (χ0) is 15.0. The molecule has 5 nitrogen and oxygen atoms in total. The van der Waals surface area contributed by atoms with Crippen molar-refractivity contribution in [2.24, 2.45) is 5.92 Å². The summed E-state index contributed by atoms with van der Waals surface area (Å²) in [5, 5.41) is 13.7. The van der Waals surface area contributed by atoms with Crippen LogP contribution in [0.15, 0.2) is 24.3 Å². The van der Waals surface area contributed by atoms with Crippen molar-refractivity contribution in [3.8, 4) is 0 Å². The molecule has 0 fully saturated rings. The maximum absolute atomic E-state index is 13.3. The highest BCUT2D eigenvalue weighted by Crippen LogP contribution is 2.06. The van der Waals surface area contributed by atoms with Crippen molar-refractivity contribution in [2.75, 3.05) is 6.54 Å². The minimum absolute atomic E-state index is 0.0744. The lowest BCUT2D eigenvalue weighted by molar-refractivity contribution is -0.137. The average molecular weight is 282 g/mol. The fourth-order valence-electron chi connectivity index (χ4n) is 1.62. The van der Waals surface area contributed by atoms with Crippen LogP contribution in [0.25, 0.3) is 0 Å². The predicted octanol–water partition coefficient (Wildman–Crippen LogP) is 2.13. The molecule has 3 N–H and O–H groups in total. The van der Waals surface area contributed by atoms with Gasteiger partial charge < -0.3 is 15.7 Å². The number of rotatable bonds is 7. The molecule has 0 saturated carbocycles. The Balaban J connectivity index is 2.24. The van der Waals surface area contributed by atoms with Gasteiger partial charge in [-0.15, -0.1) is 0 Å². The molecule has 6 heteroatoms. The number of nitrogens with one attached hydrogen (secondary N) is 2. The standard InChI is InChI=1S/C14H19FN2O3/c1-10(6-7-13(18)19)8-16-14(20)17-9-11-4-2-3-5-12(11)15/h2-5,10H,6-9H2,1H3,(H,18,19)(H2,16,17,20). The second kappa shape index (κ2) is 8.14. The molecule has 0 saturated heterocycles. The van der Waals surface area contributed by atoms with E-state index in [1.807, 2.05) is 6.92 Å². The van der Waals surface area contributed by atoms with E-state index < -0.39 is 12.0 Å². The predicted molar refractivity (Wildman–Crippen MR) is 72.7 cm³/mol. The molecular formula is C14H19FN2O3. The van der Waals surface area contributed by atoms with Gasteiger partial charge in [-0.1, -0.05) is 25.1 Å². The van der Waals surface area contributed by atoms with Gasteiger partial charge in [-0.3, -0.25) is 4.79 Å². The summed E-state index contributed by atoms with van der Waals surface area (Å²) < 4.78 is 13.3. The highest BCUT2D eigenvalue weighted by molar-refractivity contribution is 5.73. The van der Waals surface area contributed by atoms with Crippen LogP contribution in [0.3, 0.4) is 0 Å². The largest absolute Gasteiger partial charge is 0.481 e. The van der Waals surface area contributed by atoms with Gasteiger partial charge in [-0.25, -0.2) is 9.18 Å². The number of carboxylic acids is 1. The van der Waals surface area contributed by atoms with Crippen LogP contribution in [-0.4, -0.2) is 23.7 Å². The number of aliphatic carboxylic acids is 1. The molecule has 1 rings (SSSR count). The molecule has 0 aliphatic heterocycles. The highest BCUT2D eigenvalue weighted by atomic mass is 19.1. The second-order valence-corrected chi connectivity index (χ2v) is 4.69. The molecule has 20 heavy (non-hydrogen) atoms. The minimum Gasteiger partial charge on any atom is -0.481 e. The first kappa shape index (κ1) is 15.9. The summed E-state index contributed by atoms with van der Waals surface area (Å²) in [5.41, 5.74) is 0.418. The number of hydrogen-bond acceptors (Lipinski definition) is 2. The Morgan fingerprint density at radius 3 is 2.65 bits per heavy atom. The maximum Gasteiger partial charge on any atom is 0.315 e. The normalized spacial score (nSPS) is 11.7. The van der Waals surface area contributed by atoms with Crippen LogP contribution < -0.4 is 10.6 Å². The number of carboxylic acid groups (broad SMARTS) is 1. The lowest BCUT2D eigenvalue weighted by Gasteiger charge is -2.12. The third-order valence-electron chi connectivity index (χ3n) is 2.86. The summed E-state index contributed by atoms with van der Waals surface area (Å²) in [5.74, 6) is -1.13. The summed E-state index contributed by atoms with van der Waals surface area (Å²) in [4.78, 5) is 21.9. The van der Waals surface area contributed by atoms with E-state index in [0.29, 0.717) is 18.5 Å². The zero-order valence-electron chi connectivity index (χ0n) is 11.4. The number of carbonyl (C=O) groups excluding carboxylic acids is 1. The topological polar surface area (TPSA) is 78.4 Å². The molecule has 1 atom stereocenters. The van der Waals surface area contributed by atoms with Crippen LogP contribution in [0.4, 0.5) is 9.18 Å². The molecule has 110 valence electrons. The fourth-order valence-corrected chi connectivity index (χ4v) is 1.62. The lowest BCUT2D eigenvalue weighted by Crippen LogP contribution is -2.37. The molecule has 0 bridgehead atoms. The van der Waals surface area contributed by atoms with E-state index in [9.17, 15) is 14.0 Å². The summed E-state index contributed by atoms with van der Waals surface area (Å²) in [6.07, 6.45) is 0.586. The molecule has 0 radical (unpaired) electrons. The van der Waals surface area contributed by atoms with Gasteiger partial charge >= 0.3 is 12.0 Å². The van der Waals surface area contributed by atoms with E-state index in [1.54, 1.807) is 18.2 Å². The molecule has 0 heterocycles. The van der Waals surface area contributed by atoms with Crippen LogP contribution in [0, 0.1) is 11.7 Å². The first-order valence-electron chi connectivity index (χ1n) is 6.46. The van der Waals surface area contributed by atoms with Crippen molar-refractivity contribution < 1.29 is 19.1 Å². The molecule has 0 aliphatic rings. The summed E-state index contributed by atoms with van der Waals surface area (Å²) in [7, 11) is 0. The Labute approximate surface area is 117 Å². The molecule has 0 aliphatic carbocycles. The number of urea groups is 1. The summed E-state index contributed by atoms with van der Waals surface area (Å²) in [6, 6.07) is 5.83. The van der Waals surface area contributed by atoms with Gasteiger partial charge in [0.1, 0.15) is 5.82 Å². The van der Waals surface area contributed by atoms with Gasteiger partial charge in [0.05, 0.1) is 0 Å². The van der Waals surface area contributed by atoms with Gasteiger partial charge in [-0.2, -0.15) is 0 Å². The van der Waals surface area contributed by atoms with Crippen molar-refractivity contribution in [1.82, 2.24) is 10.6 Å². The van der Waals surface area contributed by atoms with Gasteiger partial charge in [0, 0.05) is 25.1 Å². The first-order chi connectivity index (χ1) is 9.49. The van der Waals surface area contributed by atoms with E-state index in [4.69, 9.17) is 5.11 Å². The van der Waals surface area contributed by atoms with Crippen LogP contribution in [0.5, 0.6) is 0 Å². The highest BCUT2D eigenvalue weighted by Gasteiger charge is 2.08. The number of carbonyl (C=O) groups is 2. The Morgan fingerprint density at radius 1 is 1.30 bits per heavy atom. The van der Waals surface area contributed by atoms with E-state index in [1.165, 1.54) is 6.07 Å². The number of halogens is 1. The Hall–Kier alpha value is -2.11. The second-order valence-electron chi connectivity index (χ2n) is 4.69. The van der Waals surface area contributed by atoms with Crippen LogP contribution >= 0.6 is 0 Å². The Bertz CT molecular complexity index is 465. The van der Waals surface area contributed by atoms with Crippen molar-refractivity contribution in [1.29, 1.82) is 0 Å². The van der Waals surface area contributed by atoms with E-state index >= 15 is 0 Å². The van der Waals surface area contributed by atoms with Crippen molar-refractivity contribution in [2.45, 2.75) is 26.3 Å². The quantitative estimate of drug-likeness (QED) is 0.717. The zero-order valence-corrected chi connectivity index (χ0v) is 11.4. The molecule has 2 amide bonds. The van der Waals surface area contributed by atoms with Crippen LogP contribution in [0.2, 0.25) is 0 Å². The van der Waals surface area contributed by atoms with Gasteiger partial charge in [-0.05, 0) is 18.4 Å². The number of hydrogen-bond donors (Lipinski definition) is 3. The molecular weight excluding hydrogens is 263 g/mol. The molecule has 1 unspecified atom stereocenters.